The van der Waals surface area contributed by atoms with Gasteiger partial charge in [0.1, 0.15) is 0 Å². The minimum atomic E-state index is -0.276. The second kappa shape index (κ2) is 5.45. The number of nitrogens with one attached hydrogen (secondary N) is 2. The van der Waals surface area contributed by atoms with Crippen molar-refractivity contribution in [1.82, 2.24) is 20.8 Å². The van der Waals surface area contributed by atoms with Crippen molar-refractivity contribution in [3.05, 3.63) is 11.7 Å². The van der Waals surface area contributed by atoms with Crippen LogP contribution < -0.4 is 16.4 Å². The van der Waals surface area contributed by atoms with Gasteiger partial charge in [-0.15, -0.1) is 0 Å². The average Bonchev–Trinajstić information content (AvgIpc) is 2.61. The molecular weight excluding hydrogens is 210 g/mol. The van der Waals surface area contributed by atoms with E-state index in [0.29, 0.717) is 11.7 Å². The molecule has 1 unspecified atom stereocenters. The van der Waals surface area contributed by atoms with Crippen molar-refractivity contribution in [1.29, 1.82) is 0 Å². The fourth-order valence-corrected chi connectivity index (χ4v) is 0.994. The maximum atomic E-state index is 11.2. The summed E-state index contributed by atoms with van der Waals surface area (Å²) in [5.41, 5.74) is 5.56. The first-order chi connectivity index (χ1) is 7.49. The van der Waals surface area contributed by atoms with E-state index < -0.39 is 0 Å². The van der Waals surface area contributed by atoms with Crippen LogP contribution in [0.4, 0.5) is 4.79 Å². The Morgan fingerprint density at radius 1 is 1.50 bits per heavy atom. The Morgan fingerprint density at radius 3 is 2.69 bits per heavy atom. The van der Waals surface area contributed by atoms with E-state index in [9.17, 15) is 4.79 Å². The molecule has 0 aliphatic heterocycles. The molecule has 0 radical (unpaired) electrons. The molecule has 7 nitrogen and oxygen atoms in total. The molecule has 90 valence electrons. The molecule has 1 heterocycles. The zero-order valence-electron chi connectivity index (χ0n) is 9.65. The van der Waals surface area contributed by atoms with Crippen molar-refractivity contribution >= 4 is 6.03 Å². The second-order valence-corrected chi connectivity index (χ2v) is 3.82. The summed E-state index contributed by atoms with van der Waals surface area (Å²) >= 11 is 0. The predicted octanol–water partition coefficient (Wildman–Crippen LogP) is 0.297. The number of hydrogen-bond donors (Lipinski definition) is 3. The minimum Gasteiger partial charge on any atom is -0.337 e. The average molecular weight is 227 g/mol. The number of nitrogens with zero attached hydrogens (tertiary/aromatic N) is 2. The fraction of sp³-hybridized carbons (Fsp3) is 0.667. The Bertz CT molecular complexity index is 347. The third kappa shape index (κ3) is 3.85. The molecule has 1 atom stereocenters. The van der Waals surface area contributed by atoms with Crippen LogP contribution in [0, 0.1) is 0 Å². The normalized spacial score (nSPS) is 12.6. The lowest BCUT2D eigenvalue weighted by Gasteiger charge is -2.07. The lowest BCUT2D eigenvalue weighted by atomic mass is 10.3. The van der Waals surface area contributed by atoms with Gasteiger partial charge in [0.15, 0.2) is 5.82 Å². The van der Waals surface area contributed by atoms with Gasteiger partial charge in [0, 0.05) is 6.04 Å². The molecule has 0 aliphatic carbocycles. The van der Waals surface area contributed by atoms with Crippen LogP contribution in [0.2, 0.25) is 0 Å². The third-order valence-electron chi connectivity index (χ3n) is 1.71. The van der Waals surface area contributed by atoms with E-state index in [2.05, 4.69) is 20.8 Å². The summed E-state index contributed by atoms with van der Waals surface area (Å²) in [6.07, 6.45) is 0. The van der Waals surface area contributed by atoms with Crippen LogP contribution in [-0.4, -0.2) is 22.2 Å². The van der Waals surface area contributed by atoms with Crippen molar-refractivity contribution in [2.75, 3.05) is 0 Å². The van der Waals surface area contributed by atoms with Crippen LogP contribution in [0.15, 0.2) is 4.52 Å². The first-order valence-corrected chi connectivity index (χ1v) is 5.11. The van der Waals surface area contributed by atoms with Gasteiger partial charge in [-0.05, 0) is 20.8 Å². The first-order valence-electron chi connectivity index (χ1n) is 5.11. The minimum absolute atomic E-state index is 0.0855. The summed E-state index contributed by atoms with van der Waals surface area (Å²) in [7, 11) is 0. The number of carbonyl (C=O) groups excluding carboxylic acids is 1. The van der Waals surface area contributed by atoms with Gasteiger partial charge >= 0.3 is 6.03 Å². The molecule has 0 aromatic carbocycles. The number of amides is 2. The molecule has 4 N–H and O–H groups in total. The van der Waals surface area contributed by atoms with Gasteiger partial charge in [-0.1, -0.05) is 5.16 Å². The van der Waals surface area contributed by atoms with Crippen molar-refractivity contribution < 1.29 is 9.32 Å². The van der Waals surface area contributed by atoms with Gasteiger partial charge < -0.3 is 20.9 Å². The van der Waals surface area contributed by atoms with Crippen LogP contribution in [0.25, 0.3) is 0 Å². The van der Waals surface area contributed by atoms with Crippen molar-refractivity contribution in [2.24, 2.45) is 5.73 Å². The highest BCUT2D eigenvalue weighted by Gasteiger charge is 2.10. The number of hydrogen-bond acceptors (Lipinski definition) is 5. The summed E-state index contributed by atoms with van der Waals surface area (Å²) < 4.78 is 4.90. The number of rotatable bonds is 4. The highest BCUT2D eigenvalue weighted by atomic mass is 16.5. The Hall–Kier alpha value is -1.63. The van der Waals surface area contributed by atoms with E-state index in [4.69, 9.17) is 10.3 Å². The molecule has 1 rings (SSSR count). The zero-order valence-corrected chi connectivity index (χ0v) is 9.65. The SMILES string of the molecule is CC(C)NC(=O)NCc1nc(C(C)N)no1. The quantitative estimate of drug-likeness (QED) is 0.685. The van der Waals surface area contributed by atoms with Crippen LogP contribution in [-0.2, 0) is 6.54 Å². The highest BCUT2D eigenvalue weighted by molar-refractivity contribution is 5.73. The lowest BCUT2D eigenvalue weighted by molar-refractivity contribution is 0.236. The Kier molecular flexibility index (Phi) is 4.24. The van der Waals surface area contributed by atoms with E-state index >= 15 is 0 Å². The predicted molar refractivity (Wildman–Crippen MR) is 57.4 cm³/mol. The topological polar surface area (TPSA) is 106 Å². The van der Waals surface area contributed by atoms with E-state index in [-0.39, 0.29) is 24.7 Å². The Labute approximate surface area is 93.8 Å². The molecule has 0 spiro atoms. The summed E-state index contributed by atoms with van der Waals surface area (Å²) in [5, 5.41) is 8.95. The van der Waals surface area contributed by atoms with E-state index in [0.717, 1.165) is 0 Å². The number of aromatic nitrogens is 2. The zero-order chi connectivity index (χ0) is 12.1. The van der Waals surface area contributed by atoms with Gasteiger partial charge in [-0.2, -0.15) is 4.98 Å². The Morgan fingerprint density at radius 2 is 2.19 bits per heavy atom. The van der Waals surface area contributed by atoms with Gasteiger partial charge in [-0.3, -0.25) is 0 Å². The van der Waals surface area contributed by atoms with Crippen molar-refractivity contribution in [3.63, 3.8) is 0 Å². The highest BCUT2D eigenvalue weighted by Crippen LogP contribution is 2.04. The van der Waals surface area contributed by atoms with Gasteiger partial charge in [0.2, 0.25) is 5.89 Å². The molecule has 2 amide bonds. The monoisotopic (exact) mass is 227 g/mol. The maximum Gasteiger partial charge on any atom is 0.315 e. The largest absolute Gasteiger partial charge is 0.337 e. The van der Waals surface area contributed by atoms with Gasteiger partial charge in [-0.25, -0.2) is 4.79 Å². The molecule has 7 heteroatoms. The van der Waals surface area contributed by atoms with Crippen LogP contribution >= 0.6 is 0 Å². The summed E-state index contributed by atoms with van der Waals surface area (Å²) in [4.78, 5) is 15.2. The van der Waals surface area contributed by atoms with Crippen LogP contribution in [0.1, 0.15) is 38.5 Å². The second-order valence-electron chi connectivity index (χ2n) is 3.82. The molecule has 0 aliphatic rings. The maximum absolute atomic E-state index is 11.2. The van der Waals surface area contributed by atoms with Crippen molar-refractivity contribution in [3.8, 4) is 0 Å². The summed E-state index contributed by atoms with van der Waals surface area (Å²) in [5.74, 6) is 0.771. The molecule has 0 saturated carbocycles. The van der Waals surface area contributed by atoms with Gasteiger partial charge in [0.25, 0.3) is 0 Å². The van der Waals surface area contributed by atoms with Crippen LogP contribution in [0.5, 0.6) is 0 Å². The van der Waals surface area contributed by atoms with E-state index in [1.165, 1.54) is 0 Å². The lowest BCUT2D eigenvalue weighted by Crippen LogP contribution is -2.39. The molecule has 1 aromatic rings. The number of nitrogens with two attached hydrogens (primary N) is 1. The standard InChI is InChI=1S/C9H17N5O2/c1-5(2)12-9(15)11-4-7-13-8(6(3)10)14-16-7/h5-6H,4,10H2,1-3H3,(H2,11,12,15). The molecule has 0 bridgehead atoms. The summed E-state index contributed by atoms with van der Waals surface area (Å²) in [6.45, 7) is 5.70. The molecular formula is C9H17N5O2. The Balaban J connectivity index is 2.39. The first kappa shape index (κ1) is 12.4. The molecule has 16 heavy (non-hydrogen) atoms. The molecule has 0 fully saturated rings. The number of urea groups is 1. The van der Waals surface area contributed by atoms with E-state index in [1.807, 2.05) is 13.8 Å². The van der Waals surface area contributed by atoms with Crippen molar-refractivity contribution in [2.45, 2.75) is 39.4 Å². The molecule has 0 saturated heterocycles. The third-order valence-corrected chi connectivity index (χ3v) is 1.71. The molecule has 1 aromatic heterocycles. The van der Waals surface area contributed by atoms with Crippen LogP contribution in [0.3, 0.4) is 0 Å². The fourth-order valence-electron chi connectivity index (χ4n) is 0.994. The number of carbonyl (C=O) groups is 1. The smallest absolute Gasteiger partial charge is 0.315 e. The summed E-state index contributed by atoms with van der Waals surface area (Å²) in [6, 6.07) is -0.458. The van der Waals surface area contributed by atoms with E-state index in [1.54, 1.807) is 6.92 Å². The van der Waals surface area contributed by atoms with Gasteiger partial charge in [0.05, 0.1) is 12.6 Å².